The van der Waals surface area contributed by atoms with E-state index in [0.717, 1.165) is 29.2 Å². The molecule has 0 aliphatic heterocycles. The van der Waals surface area contributed by atoms with Gasteiger partial charge in [0.05, 0.1) is 10.8 Å². The van der Waals surface area contributed by atoms with Gasteiger partial charge in [-0.15, -0.1) is 0 Å². The van der Waals surface area contributed by atoms with Crippen LogP contribution in [0.15, 0.2) is 29.2 Å². The normalized spacial score (nSPS) is 12.6. The lowest BCUT2D eigenvalue weighted by Crippen LogP contribution is -1.98. The van der Waals surface area contributed by atoms with Crippen molar-refractivity contribution in [1.82, 2.24) is 0 Å². The minimum atomic E-state index is -0.849. The van der Waals surface area contributed by atoms with E-state index in [1.165, 1.54) is 6.42 Å². The summed E-state index contributed by atoms with van der Waals surface area (Å²) in [7, 11) is -0.849. The molecule has 0 aromatic heterocycles. The van der Waals surface area contributed by atoms with Crippen molar-refractivity contribution >= 4 is 16.5 Å². The molecule has 1 aromatic carbocycles. The average Bonchev–Trinajstić information content (AvgIpc) is 2.19. The van der Waals surface area contributed by atoms with Gasteiger partial charge in [-0.1, -0.05) is 19.8 Å². The monoisotopic (exact) mass is 211 g/mol. The summed E-state index contributed by atoms with van der Waals surface area (Å²) < 4.78 is 11.7. The first-order valence-electron chi connectivity index (χ1n) is 4.98. The van der Waals surface area contributed by atoms with Gasteiger partial charge in [-0.25, -0.2) is 0 Å². The fourth-order valence-corrected chi connectivity index (χ4v) is 2.36. The molecule has 3 heteroatoms. The van der Waals surface area contributed by atoms with E-state index >= 15 is 0 Å². The topological polar surface area (TPSA) is 43.1 Å². The minimum Gasteiger partial charge on any atom is -0.399 e. The molecular formula is C11H17NOS. The van der Waals surface area contributed by atoms with Crippen molar-refractivity contribution in [2.24, 2.45) is 0 Å². The van der Waals surface area contributed by atoms with Crippen LogP contribution < -0.4 is 5.73 Å². The Morgan fingerprint density at radius 3 is 2.43 bits per heavy atom. The summed E-state index contributed by atoms with van der Waals surface area (Å²) in [5.41, 5.74) is 6.27. The third-order valence-electron chi connectivity index (χ3n) is 2.08. The third-order valence-corrected chi connectivity index (χ3v) is 3.53. The minimum absolute atomic E-state index is 0.722. The lowest BCUT2D eigenvalue weighted by molar-refractivity contribution is 0.676. The van der Waals surface area contributed by atoms with Crippen molar-refractivity contribution in [2.75, 3.05) is 11.5 Å². The standard InChI is InChI=1S/C11H17NOS/c1-2-3-4-9-14(13)11-7-5-10(12)6-8-11/h5-8H,2-4,9,12H2,1H3. The predicted octanol–water partition coefficient (Wildman–Crippen LogP) is 2.57. The number of hydrogen-bond acceptors (Lipinski definition) is 2. The van der Waals surface area contributed by atoms with E-state index in [4.69, 9.17) is 5.73 Å². The van der Waals surface area contributed by atoms with Gasteiger partial charge in [-0.05, 0) is 30.7 Å². The van der Waals surface area contributed by atoms with Crippen LogP contribution >= 0.6 is 0 Å². The van der Waals surface area contributed by atoms with Crippen LogP contribution in [0.1, 0.15) is 26.2 Å². The molecule has 78 valence electrons. The molecule has 0 spiro atoms. The maximum absolute atomic E-state index is 11.7. The summed E-state index contributed by atoms with van der Waals surface area (Å²) in [6.07, 6.45) is 3.35. The Kier molecular flexibility index (Phi) is 4.66. The van der Waals surface area contributed by atoms with E-state index in [1.807, 2.05) is 12.1 Å². The molecule has 2 N–H and O–H groups in total. The predicted molar refractivity (Wildman–Crippen MR) is 61.7 cm³/mol. The molecule has 0 aliphatic rings. The lowest BCUT2D eigenvalue weighted by Gasteiger charge is -2.01. The number of nitrogens with two attached hydrogens (primary N) is 1. The van der Waals surface area contributed by atoms with Gasteiger partial charge in [-0.2, -0.15) is 0 Å². The number of rotatable bonds is 5. The molecule has 14 heavy (non-hydrogen) atoms. The quantitative estimate of drug-likeness (QED) is 0.601. The van der Waals surface area contributed by atoms with Crippen LogP contribution in [0.2, 0.25) is 0 Å². The van der Waals surface area contributed by atoms with Crippen molar-refractivity contribution in [3.05, 3.63) is 24.3 Å². The summed E-state index contributed by atoms with van der Waals surface area (Å²) >= 11 is 0. The first kappa shape index (κ1) is 11.2. The van der Waals surface area contributed by atoms with E-state index in [0.29, 0.717) is 0 Å². The number of benzene rings is 1. The molecule has 0 fully saturated rings. The molecule has 0 saturated heterocycles. The van der Waals surface area contributed by atoms with Gasteiger partial charge in [-0.3, -0.25) is 4.21 Å². The fraction of sp³-hybridized carbons (Fsp3) is 0.455. The molecule has 0 amide bonds. The van der Waals surface area contributed by atoms with Crippen molar-refractivity contribution in [3.8, 4) is 0 Å². The highest BCUT2D eigenvalue weighted by Gasteiger charge is 2.02. The van der Waals surface area contributed by atoms with Crippen molar-refractivity contribution in [3.63, 3.8) is 0 Å². The summed E-state index contributed by atoms with van der Waals surface area (Å²) in [6.45, 7) is 2.14. The summed E-state index contributed by atoms with van der Waals surface area (Å²) in [6, 6.07) is 7.29. The smallest absolute Gasteiger partial charge is 0.0529 e. The Bertz CT molecular complexity index is 295. The lowest BCUT2D eigenvalue weighted by atomic mass is 10.3. The van der Waals surface area contributed by atoms with E-state index in [-0.39, 0.29) is 0 Å². The highest BCUT2D eigenvalue weighted by molar-refractivity contribution is 7.85. The van der Waals surface area contributed by atoms with Crippen molar-refractivity contribution in [2.45, 2.75) is 31.1 Å². The summed E-state index contributed by atoms with van der Waals surface area (Å²) in [5.74, 6) is 0.762. The van der Waals surface area contributed by atoms with Crippen molar-refractivity contribution < 1.29 is 4.21 Å². The Labute approximate surface area is 88.0 Å². The number of nitrogen functional groups attached to an aromatic ring is 1. The maximum atomic E-state index is 11.7. The molecule has 0 radical (unpaired) electrons. The van der Waals surface area contributed by atoms with Gasteiger partial charge in [0.25, 0.3) is 0 Å². The van der Waals surface area contributed by atoms with E-state index in [1.54, 1.807) is 12.1 Å². The highest BCUT2D eigenvalue weighted by atomic mass is 32.2. The van der Waals surface area contributed by atoms with Crippen LogP contribution in [0.4, 0.5) is 5.69 Å². The van der Waals surface area contributed by atoms with Gasteiger partial charge >= 0.3 is 0 Å². The molecule has 1 unspecified atom stereocenters. The molecule has 0 bridgehead atoms. The third kappa shape index (κ3) is 3.50. The average molecular weight is 211 g/mol. The second kappa shape index (κ2) is 5.81. The molecule has 0 heterocycles. The molecule has 0 saturated carbocycles. The van der Waals surface area contributed by atoms with E-state index in [9.17, 15) is 4.21 Å². The molecule has 1 aromatic rings. The first-order chi connectivity index (χ1) is 6.74. The Morgan fingerprint density at radius 1 is 1.21 bits per heavy atom. The fourth-order valence-electron chi connectivity index (χ4n) is 1.22. The van der Waals surface area contributed by atoms with Crippen molar-refractivity contribution in [1.29, 1.82) is 0 Å². The molecule has 0 aliphatic carbocycles. The zero-order valence-corrected chi connectivity index (χ0v) is 9.35. The van der Waals surface area contributed by atoms with E-state index in [2.05, 4.69) is 6.92 Å². The van der Waals surface area contributed by atoms with Gasteiger partial charge in [0.2, 0.25) is 0 Å². The number of hydrogen-bond donors (Lipinski definition) is 1. The van der Waals surface area contributed by atoms with Crippen LogP contribution in [0.5, 0.6) is 0 Å². The van der Waals surface area contributed by atoms with Crippen LogP contribution in [0.25, 0.3) is 0 Å². The molecular weight excluding hydrogens is 194 g/mol. The van der Waals surface area contributed by atoms with Crippen LogP contribution in [-0.4, -0.2) is 9.96 Å². The van der Waals surface area contributed by atoms with Gasteiger partial charge in [0, 0.05) is 16.3 Å². The largest absolute Gasteiger partial charge is 0.399 e. The van der Waals surface area contributed by atoms with Crippen LogP contribution in [0, 0.1) is 0 Å². The molecule has 1 atom stereocenters. The van der Waals surface area contributed by atoms with E-state index < -0.39 is 10.8 Å². The van der Waals surface area contributed by atoms with Crippen LogP contribution in [0.3, 0.4) is 0 Å². The Balaban J connectivity index is 2.48. The number of unbranched alkanes of at least 4 members (excludes halogenated alkanes) is 2. The second-order valence-electron chi connectivity index (χ2n) is 3.33. The molecule has 1 rings (SSSR count). The van der Waals surface area contributed by atoms with Gasteiger partial charge in [0.1, 0.15) is 0 Å². The summed E-state index contributed by atoms with van der Waals surface area (Å²) in [4.78, 5) is 0.885. The van der Waals surface area contributed by atoms with Gasteiger partial charge in [0.15, 0.2) is 0 Å². The summed E-state index contributed by atoms with van der Waals surface area (Å²) in [5, 5.41) is 0. The molecule has 2 nitrogen and oxygen atoms in total. The van der Waals surface area contributed by atoms with Crippen LogP contribution in [-0.2, 0) is 10.8 Å². The highest BCUT2D eigenvalue weighted by Crippen LogP contribution is 2.11. The second-order valence-corrected chi connectivity index (χ2v) is 4.90. The number of anilines is 1. The Hall–Kier alpha value is -0.830. The Morgan fingerprint density at radius 2 is 1.86 bits per heavy atom. The zero-order valence-electron chi connectivity index (χ0n) is 8.53. The zero-order chi connectivity index (χ0) is 10.4. The SMILES string of the molecule is CCCCCS(=O)c1ccc(N)cc1. The van der Waals surface area contributed by atoms with Gasteiger partial charge < -0.3 is 5.73 Å². The first-order valence-corrected chi connectivity index (χ1v) is 6.30. The maximum Gasteiger partial charge on any atom is 0.0529 e.